The molecular weight excluding hydrogens is 486 g/mol. The lowest BCUT2D eigenvalue weighted by atomic mass is 10.0. The Morgan fingerprint density at radius 3 is 2.61 bits per heavy atom. The van der Waals surface area contributed by atoms with E-state index in [4.69, 9.17) is 14.2 Å². The number of hydrogen-bond acceptors (Lipinski definition) is 8. The van der Waals surface area contributed by atoms with Crippen LogP contribution in [0.25, 0.3) is 11.2 Å². The SMILES string of the molecule is CC(C)(C)OC(=O)N(Cc1ccc2c(c1)OCCO2)C1CCN(CCn2c(=O)cnc3cccnc32)CC1. The second-order valence-electron chi connectivity index (χ2n) is 10.8. The molecule has 0 aliphatic carbocycles. The normalized spacial score (nSPS) is 16.4. The minimum atomic E-state index is -0.586. The highest BCUT2D eigenvalue weighted by atomic mass is 16.6. The highest BCUT2D eigenvalue weighted by Crippen LogP contribution is 2.32. The quantitative estimate of drug-likeness (QED) is 0.486. The van der Waals surface area contributed by atoms with E-state index in [1.807, 2.05) is 56.0 Å². The molecule has 4 heterocycles. The van der Waals surface area contributed by atoms with Crippen molar-refractivity contribution in [2.45, 2.75) is 58.3 Å². The predicted octanol–water partition coefficient (Wildman–Crippen LogP) is 3.46. The third-order valence-corrected chi connectivity index (χ3v) is 6.83. The molecule has 5 rings (SSSR count). The maximum absolute atomic E-state index is 13.3. The summed E-state index contributed by atoms with van der Waals surface area (Å²) >= 11 is 0. The lowest BCUT2D eigenvalue weighted by molar-refractivity contribution is 0.00562. The molecule has 10 nitrogen and oxygen atoms in total. The summed E-state index contributed by atoms with van der Waals surface area (Å²) in [6, 6.07) is 9.55. The van der Waals surface area contributed by atoms with Gasteiger partial charge in [-0.3, -0.25) is 9.36 Å². The Bertz CT molecular complexity index is 1340. The molecule has 2 aliphatic rings. The number of likely N-dealkylation sites (tertiary alicyclic amines) is 1. The zero-order valence-electron chi connectivity index (χ0n) is 22.3. The van der Waals surface area contributed by atoms with Crippen LogP contribution in [-0.4, -0.2) is 74.9 Å². The second kappa shape index (κ2) is 11.0. The number of fused-ring (bicyclic) bond motifs is 2. The summed E-state index contributed by atoms with van der Waals surface area (Å²) in [5, 5.41) is 0. The van der Waals surface area contributed by atoms with Gasteiger partial charge in [0, 0.05) is 45.0 Å². The van der Waals surface area contributed by atoms with E-state index in [2.05, 4.69) is 14.9 Å². The number of aromatic nitrogens is 3. The van der Waals surface area contributed by atoms with E-state index < -0.39 is 5.60 Å². The maximum atomic E-state index is 13.3. The molecule has 0 atom stereocenters. The Hall–Kier alpha value is -3.66. The number of hydrogen-bond donors (Lipinski definition) is 0. The van der Waals surface area contributed by atoms with Crippen LogP contribution >= 0.6 is 0 Å². The first-order valence-corrected chi connectivity index (χ1v) is 13.2. The first-order valence-electron chi connectivity index (χ1n) is 13.2. The van der Waals surface area contributed by atoms with Crippen molar-refractivity contribution in [3.05, 3.63) is 58.6 Å². The van der Waals surface area contributed by atoms with E-state index in [-0.39, 0.29) is 17.7 Å². The van der Waals surface area contributed by atoms with Gasteiger partial charge in [-0.25, -0.2) is 14.8 Å². The average Bonchev–Trinajstić information content (AvgIpc) is 2.90. The number of nitrogens with zero attached hydrogens (tertiary/aromatic N) is 5. The number of benzene rings is 1. The molecule has 0 N–H and O–H groups in total. The van der Waals surface area contributed by atoms with Gasteiger partial charge < -0.3 is 24.0 Å². The molecule has 38 heavy (non-hydrogen) atoms. The fraction of sp³-hybridized carbons (Fsp3) is 0.500. The van der Waals surface area contributed by atoms with Crippen LogP contribution in [0.4, 0.5) is 4.79 Å². The van der Waals surface area contributed by atoms with Crippen molar-refractivity contribution in [2.75, 3.05) is 32.8 Å². The van der Waals surface area contributed by atoms with Gasteiger partial charge in [0.25, 0.3) is 5.56 Å². The van der Waals surface area contributed by atoms with Crippen molar-refractivity contribution in [1.29, 1.82) is 0 Å². The molecule has 10 heteroatoms. The first-order chi connectivity index (χ1) is 18.3. The Morgan fingerprint density at radius 1 is 1.08 bits per heavy atom. The minimum absolute atomic E-state index is 0.0421. The zero-order valence-corrected chi connectivity index (χ0v) is 22.3. The summed E-state index contributed by atoms with van der Waals surface area (Å²) in [6.45, 7) is 10.0. The van der Waals surface area contributed by atoms with Crippen LogP contribution in [0.3, 0.4) is 0 Å². The summed E-state index contributed by atoms with van der Waals surface area (Å²) in [5.74, 6) is 1.44. The van der Waals surface area contributed by atoms with E-state index in [1.54, 1.807) is 10.8 Å². The molecule has 3 aromatic rings. The molecule has 0 saturated carbocycles. The Labute approximate surface area is 222 Å². The second-order valence-corrected chi connectivity index (χ2v) is 10.8. The van der Waals surface area contributed by atoms with Crippen LogP contribution in [0.5, 0.6) is 11.5 Å². The number of piperidine rings is 1. The van der Waals surface area contributed by atoms with Crippen LogP contribution in [-0.2, 0) is 17.8 Å². The smallest absolute Gasteiger partial charge is 0.410 e. The topological polar surface area (TPSA) is 99.0 Å². The molecule has 202 valence electrons. The van der Waals surface area contributed by atoms with Crippen LogP contribution < -0.4 is 15.0 Å². The van der Waals surface area contributed by atoms with Crippen molar-refractivity contribution in [3.63, 3.8) is 0 Å². The van der Waals surface area contributed by atoms with Gasteiger partial charge in [-0.1, -0.05) is 6.07 Å². The zero-order chi connectivity index (χ0) is 26.7. The van der Waals surface area contributed by atoms with E-state index in [0.29, 0.717) is 43.2 Å². The van der Waals surface area contributed by atoms with Gasteiger partial charge in [-0.15, -0.1) is 0 Å². The van der Waals surface area contributed by atoms with Gasteiger partial charge in [-0.2, -0.15) is 0 Å². The predicted molar refractivity (Wildman–Crippen MR) is 142 cm³/mol. The lowest BCUT2D eigenvalue weighted by Gasteiger charge is -2.39. The summed E-state index contributed by atoms with van der Waals surface area (Å²) < 4.78 is 18.9. The summed E-state index contributed by atoms with van der Waals surface area (Å²) in [5.41, 5.74) is 1.54. The van der Waals surface area contributed by atoms with Crippen molar-refractivity contribution in [1.82, 2.24) is 24.3 Å². The van der Waals surface area contributed by atoms with Crippen molar-refractivity contribution >= 4 is 17.3 Å². The van der Waals surface area contributed by atoms with E-state index >= 15 is 0 Å². The molecule has 1 aromatic carbocycles. The van der Waals surface area contributed by atoms with Crippen molar-refractivity contribution < 1.29 is 19.0 Å². The average molecular weight is 522 g/mol. The van der Waals surface area contributed by atoms with E-state index in [0.717, 1.165) is 43.8 Å². The van der Waals surface area contributed by atoms with Crippen LogP contribution in [0.15, 0.2) is 47.5 Å². The fourth-order valence-corrected chi connectivity index (χ4v) is 4.95. The molecule has 2 aromatic heterocycles. The maximum Gasteiger partial charge on any atom is 0.410 e. The molecule has 0 spiro atoms. The molecule has 1 fully saturated rings. The third kappa shape index (κ3) is 6.07. The summed E-state index contributed by atoms with van der Waals surface area (Å²) in [4.78, 5) is 38.5. The van der Waals surface area contributed by atoms with Crippen molar-refractivity contribution in [2.24, 2.45) is 0 Å². The third-order valence-electron chi connectivity index (χ3n) is 6.83. The van der Waals surface area contributed by atoms with E-state index in [1.165, 1.54) is 6.20 Å². The minimum Gasteiger partial charge on any atom is -0.486 e. The Morgan fingerprint density at radius 2 is 1.84 bits per heavy atom. The molecule has 0 unspecified atom stereocenters. The standard InChI is InChI=1S/C28H35N5O5/c1-28(2,3)38-27(35)33(19-20-6-7-23-24(17-20)37-16-15-36-23)21-8-11-31(12-9-21)13-14-32-25(34)18-30-22-5-4-10-29-26(22)32/h4-7,10,17-18,21H,8-9,11-16,19H2,1-3H3. The molecule has 1 amide bonds. The van der Waals surface area contributed by atoms with Gasteiger partial charge in [0.1, 0.15) is 24.3 Å². The van der Waals surface area contributed by atoms with Gasteiger partial charge in [0.05, 0.1) is 6.20 Å². The monoisotopic (exact) mass is 521 g/mol. The highest BCUT2D eigenvalue weighted by Gasteiger charge is 2.31. The number of pyridine rings is 1. The number of rotatable bonds is 6. The van der Waals surface area contributed by atoms with Crippen LogP contribution in [0, 0.1) is 0 Å². The van der Waals surface area contributed by atoms with Crippen LogP contribution in [0.1, 0.15) is 39.2 Å². The van der Waals surface area contributed by atoms with Crippen molar-refractivity contribution in [3.8, 4) is 11.5 Å². The highest BCUT2D eigenvalue weighted by molar-refractivity contribution is 5.69. The molecule has 0 bridgehead atoms. The molecule has 0 radical (unpaired) electrons. The number of carbonyl (C=O) groups excluding carboxylic acids is 1. The number of amides is 1. The van der Waals surface area contributed by atoms with E-state index in [9.17, 15) is 9.59 Å². The summed E-state index contributed by atoms with van der Waals surface area (Å²) in [6.07, 6.45) is 4.35. The Balaban J connectivity index is 1.25. The van der Waals surface area contributed by atoms with Gasteiger partial charge in [-0.05, 0) is 63.4 Å². The number of ether oxygens (including phenoxy) is 3. The van der Waals surface area contributed by atoms with Gasteiger partial charge in [0.2, 0.25) is 0 Å². The first kappa shape index (κ1) is 26.0. The Kier molecular flexibility index (Phi) is 7.51. The number of carbonyl (C=O) groups is 1. The fourth-order valence-electron chi connectivity index (χ4n) is 4.95. The van der Waals surface area contributed by atoms with Gasteiger partial charge in [0.15, 0.2) is 17.1 Å². The molecule has 2 aliphatic heterocycles. The largest absolute Gasteiger partial charge is 0.486 e. The summed E-state index contributed by atoms with van der Waals surface area (Å²) in [7, 11) is 0. The van der Waals surface area contributed by atoms with Crippen LogP contribution in [0.2, 0.25) is 0 Å². The molecule has 1 saturated heterocycles. The van der Waals surface area contributed by atoms with Gasteiger partial charge >= 0.3 is 6.09 Å². The lowest BCUT2D eigenvalue weighted by Crippen LogP contribution is -2.49. The molecular formula is C28H35N5O5.